The van der Waals surface area contributed by atoms with E-state index in [0.29, 0.717) is 6.42 Å². The van der Waals surface area contributed by atoms with Gasteiger partial charge in [0.2, 0.25) is 0 Å². The van der Waals surface area contributed by atoms with Gasteiger partial charge in [-0.1, -0.05) is 24.3 Å². The van der Waals surface area contributed by atoms with Crippen LogP contribution in [0, 0.1) is 0 Å². The number of carbonyl (C=O) groups is 1. The molecule has 2 aromatic rings. The summed E-state index contributed by atoms with van der Waals surface area (Å²) >= 11 is 0. The van der Waals surface area contributed by atoms with Crippen LogP contribution in [0.4, 0.5) is 0 Å². The summed E-state index contributed by atoms with van der Waals surface area (Å²) < 4.78 is 0. The van der Waals surface area contributed by atoms with E-state index in [1.165, 1.54) is 18.5 Å². The van der Waals surface area contributed by atoms with Gasteiger partial charge in [-0.25, -0.2) is 0 Å². The summed E-state index contributed by atoms with van der Waals surface area (Å²) in [4.78, 5) is 15.9. The number of rotatable bonds is 3. The van der Waals surface area contributed by atoms with Gasteiger partial charge in [0, 0.05) is 6.20 Å². The number of fused-ring (bicyclic) bond motifs is 1. The van der Waals surface area contributed by atoms with E-state index < -0.39 is 5.60 Å². The first-order valence-corrected chi connectivity index (χ1v) is 7.31. The Morgan fingerprint density at radius 3 is 2.95 bits per heavy atom. The van der Waals surface area contributed by atoms with E-state index >= 15 is 0 Å². The molecule has 5 heteroatoms. The maximum absolute atomic E-state index is 12.1. The summed E-state index contributed by atoms with van der Waals surface area (Å²) in [6.45, 7) is 0.137. The minimum absolute atomic E-state index is 0.0608. The van der Waals surface area contributed by atoms with Crippen molar-refractivity contribution in [3.63, 3.8) is 0 Å². The summed E-state index contributed by atoms with van der Waals surface area (Å²) in [6.07, 6.45) is 5.10. The summed E-state index contributed by atoms with van der Waals surface area (Å²) in [7, 11) is 0. The first kappa shape index (κ1) is 14.5. The van der Waals surface area contributed by atoms with Crippen LogP contribution in [0.3, 0.4) is 0 Å². The second-order valence-corrected chi connectivity index (χ2v) is 5.66. The average molecular weight is 298 g/mol. The smallest absolute Gasteiger partial charge is 0.253 e. The molecule has 1 heterocycles. The van der Waals surface area contributed by atoms with Gasteiger partial charge in [-0.05, 0) is 36.5 Å². The van der Waals surface area contributed by atoms with Gasteiger partial charge in [0.05, 0.1) is 18.3 Å². The SMILES string of the molecule is O=C(NCC1(O)CCCc2ccccc21)c1cncc(O)c1. The third kappa shape index (κ3) is 2.80. The highest BCUT2D eigenvalue weighted by Gasteiger charge is 2.34. The number of nitrogens with zero attached hydrogens (tertiary/aromatic N) is 1. The molecule has 5 nitrogen and oxygen atoms in total. The van der Waals surface area contributed by atoms with Crippen molar-refractivity contribution in [1.82, 2.24) is 10.3 Å². The van der Waals surface area contributed by atoms with E-state index in [1.807, 2.05) is 24.3 Å². The average Bonchev–Trinajstić information content (AvgIpc) is 2.53. The van der Waals surface area contributed by atoms with Gasteiger partial charge in [0.1, 0.15) is 11.4 Å². The van der Waals surface area contributed by atoms with Crippen LogP contribution in [0.2, 0.25) is 0 Å². The van der Waals surface area contributed by atoms with Gasteiger partial charge in [-0.2, -0.15) is 0 Å². The molecule has 0 fully saturated rings. The molecule has 1 aromatic carbocycles. The van der Waals surface area contributed by atoms with E-state index in [9.17, 15) is 15.0 Å². The predicted molar refractivity (Wildman–Crippen MR) is 81.5 cm³/mol. The summed E-state index contributed by atoms with van der Waals surface area (Å²) in [5.74, 6) is -0.422. The number of aryl methyl sites for hydroxylation is 1. The van der Waals surface area contributed by atoms with Crippen LogP contribution in [0.5, 0.6) is 5.75 Å². The summed E-state index contributed by atoms with van der Waals surface area (Å²) in [5.41, 5.74) is 1.24. The monoisotopic (exact) mass is 298 g/mol. The molecule has 0 saturated heterocycles. The van der Waals surface area contributed by atoms with E-state index in [1.54, 1.807) is 0 Å². The summed E-state index contributed by atoms with van der Waals surface area (Å²) in [5, 5.41) is 23.0. The van der Waals surface area contributed by atoms with Crippen molar-refractivity contribution in [1.29, 1.82) is 0 Å². The topological polar surface area (TPSA) is 82.5 Å². The first-order valence-electron chi connectivity index (χ1n) is 7.31. The van der Waals surface area contributed by atoms with Crippen LogP contribution < -0.4 is 5.32 Å². The molecular weight excluding hydrogens is 280 g/mol. The zero-order chi connectivity index (χ0) is 15.6. The molecule has 0 aliphatic heterocycles. The van der Waals surface area contributed by atoms with Gasteiger partial charge < -0.3 is 15.5 Å². The zero-order valence-electron chi connectivity index (χ0n) is 12.1. The maximum Gasteiger partial charge on any atom is 0.253 e. The number of carbonyl (C=O) groups excluding carboxylic acids is 1. The zero-order valence-corrected chi connectivity index (χ0v) is 12.1. The lowest BCUT2D eigenvalue weighted by Crippen LogP contribution is -2.43. The molecule has 1 atom stereocenters. The van der Waals surface area contributed by atoms with Crippen molar-refractivity contribution in [2.45, 2.75) is 24.9 Å². The van der Waals surface area contributed by atoms with Crippen molar-refractivity contribution in [3.05, 3.63) is 59.4 Å². The molecular formula is C17H18N2O3. The van der Waals surface area contributed by atoms with Crippen molar-refractivity contribution in [3.8, 4) is 5.75 Å². The normalized spacial score (nSPS) is 20.2. The van der Waals surface area contributed by atoms with Crippen LogP contribution >= 0.6 is 0 Å². The lowest BCUT2D eigenvalue weighted by Gasteiger charge is -2.34. The van der Waals surface area contributed by atoms with Gasteiger partial charge in [-0.3, -0.25) is 9.78 Å². The van der Waals surface area contributed by atoms with Crippen molar-refractivity contribution in [2.75, 3.05) is 6.54 Å². The molecule has 114 valence electrons. The fourth-order valence-corrected chi connectivity index (χ4v) is 2.96. The molecule has 1 aromatic heterocycles. The van der Waals surface area contributed by atoms with E-state index in [0.717, 1.165) is 24.0 Å². The third-order valence-electron chi connectivity index (χ3n) is 4.08. The van der Waals surface area contributed by atoms with E-state index in [-0.39, 0.29) is 23.8 Å². The second-order valence-electron chi connectivity index (χ2n) is 5.66. The fourth-order valence-electron chi connectivity index (χ4n) is 2.96. The molecule has 1 amide bonds. The van der Waals surface area contributed by atoms with Crippen LogP contribution in [0.25, 0.3) is 0 Å². The number of aromatic hydroxyl groups is 1. The Morgan fingerprint density at radius 2 is 2.14 bits per heavy atom. The van der Waals surface area contributed by atoms with Gasteiger partial charge in [-0.15, -0.1) is 0 Å². The van der Waals surface area contributed by atoms with Crippen LogP contribution in [0.1, 0.15) is 34.3 Å². The minimum atomic E-state index is -1.05. The lowest BCUT2D eigenvalue weighted by atomic mass is 9.79. The minimum Gasteiger partial charge on any atom is -0.506 e. The van der Waals surface area contributed by atoms with Crippen LogP contribution in [0.15, 0.2) is 42.7 Å². The molecule has 1 aliphatic rings. The molecule has 0 bridgehead atoms. The van der Waals surface area contributed by atoms with Crippen LogP contribution in [-0.4, -0.2) is 27.6 Å². The lowest BCUT2D eigenvalue weighted by molar-refractivity contribution is 0.0189. The summed E-state index contributed by atoms with van der Waals surface area (Å²) in [6, 6.07) is 9.13. The standard InChI is InChI=1S/C17H18N2O3/c20-14-8-13(9-18-10-14)16(21)19-11-17(22)7-3-5-12-4-1-2-6-15(12)17/h1-2,4,6,8-10,20,22H,3,5,7,11H2,(H,19,21). The third-order valence-corrected chi connectivity index (χ3v) is 4.08. The van der Waals surface area contributed by atoms with Crippen molar-refractivity contribution < 1.29 is 15.0 Å². The van der Waals surface area contributed by atoms with Crippen molar-refractivity contribution >= 4 is 5.91 Å². The highest BCUT2D eigenvalue weighted by Crippen LogP contribution is 2.34. The quantitative estimate of drug-likeness (QED) is 0.806. The van der Waals surface area contributed by atoms with Crippen LogP contribution in [-0.2, 0) is 12.0 Å². The van der Waals surface area contributed by atoms with Gasteiger partial charge in [0.15, 0.2) is 0 Å². The number of hydrogen-bond donors (Lipinski definition) is 3. The number of aliphatic hydroxyl groups is 1. The highest BCUT2D eigenvalue weighted by atomic mass is 16.3. The molecule has 0 spiro atoms. The van der Waals surface area contributed by atoms with E-state index in [4.69, 9.17) is 0 Å². The second kappa shape index (κ2) is 5.77. The number of hydrogen-bond acceptors (Lipinski definition) is 4. The number of aromatic nitrogens is 1. The Hall–Kier alpha value is -2.40. The Balaban J connectivity index is 1.75. The molecule has 1 unspecified atom stereocenters. The number of nitrogens with one attached hydrogen (secondary N) is 1. The fraction of sp³-hybridized carbons (Fsp3) is 0.294. The molecule has 1 aliphatic carbocycles. The highest BCUT2D eigenvalue weighted by molar-refractivity contribution is 5.94. The van der Waals surface area contributed by atoms with Gasteiger partial charge in [0.25, 0.3) is 5.91 Å². The van der Waals surface area contributed by atoms with Gasteiger partial charge >= 0.3 is 0 Å². The molecule has 0 saturated carbocycles. The number of amides is 1. The molecule has 22 heavy (non-hydrogen) atoms. The number of benzene rings is 1. The first-order chi connectivity index (χ1) is 10.6. The molecule has 3 rings (SSSR count). The molecule has 3 N–H and O–H groups in total. The Bertz CT molecular complexity index is 702. The maximum atomic E-state index is 12.1. The van der Waals surface area contributed by atoms with E-state index in [2.05, 4.69) is 10.3 Å². The van der Waals surface area contributed by atoms with Crippen molar-refractivity contribution in [2.24, 2.45) is 0 Å². The Labute approximate surface area is 128 Å². The Morgan fingerprint density at radius 1 is 1.32 bits per heavy atom. The predicted octanol–water partition coefficient (Wildman–Crippen LogP) is 1.74. The number of pyridine rings is 1. The largest absolute Gasteiger partial charge is 0.506 e. The Kier molecular flexibility index (Phi) is 3.81. The molecule has 0 radical (unpaired) electrons.